The van der Waals surface area contributed by atoms with E-state index >= 15 is 0 Å². The van der Waals surface area contributed by atoms with Gasteiger partial charge in [-0.05, 0) is 26.3 Å². The Kier molecular flexibility index (Phi) is 6.40. The minimum Gasteiger partial charge on any atom is -0.472 e. The third-order valence-electron chi connectivity index (χ3n) is 2.16. The van der Waals surface area contributed by atoms with Crippen LogP contribution in [0.15, 0.2) is 18.2 Å². The van der Waals surface area contributed by atoms with Crippen molar-refractivity contribution in [2.24, 2.45) is 0 Å². The zero-order valence-corrected chi connectivity index (χ0v) is 10.9. The van der Waals surface area contributed by atoms with Gasteiger partial charge in [0.15, 0.2) is 0 Å². The molecule has 0 spiro atoms. The second-order valence-corrected chi connectivity index (χ2v) is 3.88. The molecule has 17 heavy (non-hydrogen) atoms. The molecule has 1 aromatic heterocycles. The van der Waals surface area contributed by atoms with Crippen LogP contribution >= 0.6 is 0 Å². The number of nitrogens with zero attached hydrogens (tertiary/aromatic N) is 1. The number of pyridine rings is 1. The van der Waals surface area contributed by atoms with E-state index in [0.29, 0.717) is 19.1 Å². The van der Waals surface area contributed by atoms with Crippen molar-refractivity contribution in [1.82, 2.24) is 4.98 Å². The molecule has 0 saturated carbocycles. The number of hydrogen-bond acceptors (Lipinski definition) is 4. The summed E-state index contributed by atoms with van der Waals surface area (Å²) in [5.41, 5.74) is 0. The van der Waals surface area contributed by atoms with Gasteiger partial charge in [-0.1, -0.05) is 13.0 Å². The van der Waals surface area contributed by atoms with Crippen LogP contribution in [0.4, 0.5) is 5.82 Å². The Morgan fingerprint density at radius 3 is 2.88 bits per heavy atom. The highest BCUT2D eigenvalue weighted by atomic mass is 16.5. The first-order valence-corrected chi connectivity index (χ1v) is 6.21. The van der Waals surface area contributed by atoms with Crippen LogP contribution in [0.5, 0.6) is 5.88 Å². The van der Waals surface area contributed by atoms with Crippen LogP contribution in [-0.2, 0) is 4.74 Å². The average Bonchev–Trinajstić information content (AvgIpc) is 2.34. The molecule has 0 bridgehead atoms. The van der Waals surface area contributed by atoms with Crippen LogP contribution in [0, 0.1) is 0 Å². The fourth-order valence-corrected chi connectivity index (χ4v) is 1.36. The van der Waals surface area contributed by atoms with E-state index in [-0.39, 0.29) is 6.10 Å². The quantitative estimate of drug-likeness (QED) is 0.756. The second-order valence-electron chi connectivity index (χ2n) is 3.88. The van der Waals surface area contributed by atoms with Crippen molar-refractivity contribution >= 4 is 5.82 Å². The van der Waals surface area contributed by atoms with Crippen molar-refractivity contribution in [3.05, 3.63) is 18.2 Å². The Hall–Kier alpha value is -1.29. The summed E-state index contributed by atoms with van der Waals surface area (Å²) in [6.07, 6.45) is 1.09. The molecule has 0 saturated heterocycles. The van der Waals surface area contributed by atoms with Crippen molar-refractivity contribution in [1.29, 1.82) is 0 Å². The molecule has 1 heterocycles. The van der Waals surface area contributed by atoms with E-state index < -0.39 is 0 Å². The molecule has 1 N–H and O–H groups in total. The number of aromatic nitrogens is 1. The summed E-state index contributed by atoms with van der Waals surface area (Å²) in [4.78, 5) is 4.37. The van der Waals surface area contributed by atoms with Gasteiger partial charge < -0.3 is 14.8 Å². The van der Waals surface area contributed by atoms with Gasteiger partial charge in [-0.25, -0.2) is 0 Å². The Morgan fingerprint density at radius 2 is 2.18 bits per heavy atom. The first-order chi connectivity index (χ1) is 8.26. The minimum absolute atomic E-state index is 0.0175. The van der Waals surface area contributed by atoms with Gasteiger partial charge in [-0.3, -0.25) is 0 Å². The largest absolute Gasteiger partial charge is 0.472 e. The lowest BCUT2D eigenvalue weighted by Gasteiger charge is -2.14. The highest BCUT2D eigenvalue weighted by Gasteiger charge is 2.05. The number of ether oxygens (including phenoxy) is 2. The molecule has 0 aromatic carbocycles. The fraction of sp³-hybridized carbons (Fsp3) is 0.615. The first kappa shape index (κ1) is 13.8. The standard InChI is InChI=1S/C13H22N2O2/c1-4-9-14-12-7-6-8-13(15-12)17-11(3)10-16-5-2/h6-8,11H,4-5,9-10H2,1-3H3,(H,14,15). The second kappa shape index (κ2) is 7.90. The summed E-state index contributed by atoms with van der Waals surface area (Å²) in [5, 5.41) is 3.23. The fourth-order valence-electron chi connectivity index (χ4n) is 1.36. The molecule has 4 nitrogen and oxygen atoms in total. The third kappa shape index (κ3) is 5.54. The van der Waals surface area contributed by atoms with Crippen LogP contribution in [0.3, 0.4) is 0 Å². The van der Waals surface area contributed by atoms with Gasteiger partial charge >= 0.3 is 0 Å². The molecule has 1 unspecified atom stereocenters. The Balaban J connectivity index is 2.47. The zero-order valence-electron chi connectivity index (χ0n) is 10.9. The first-order valence-electron chi connectivity index (χ1n) is 6.21. The molecule has 0 fully saturated rings. The molecule has 1 aromatic rings. The normalized spacial score (nSPS) is 12.2. The van der Waals surface area contributed by atoms with Gasteiger partial charge in [-0.2, -0.15) is 4.98 Å². The number of anilines is 1. The van der Waals surface area contributed by atoms with Gasteiger partial charge in [0.25, 0.3) is 0 Å². The molecule has 0 aliphatic rings. The van der Waals surface area contributed by atoms with Gasteiger partial charge in [0, 0.05) is 19.2 Å². The van der Waals surface area contributed by atoms with E-state index in [1.165, 1.54) is 0 Å². The molecule has 0 aliphatic carbocycles. The molecule has 1 atom stereocenters. The Morgan fingerprint density at radius 1 is 1.35 bits per heavy atom. The van der Waals surface area contributed by atoms with Gasteiger partial charge in [0.2, 0.25) is 5.88 Å². The zero-order chi connectivity index (χ0) is 12.5. The predicted octanol–water partition coefficient (Wildman–Crippen LogP) is 2.71. The van der Waals surface area contributed by atoms with Crippen LogP contribution in [0.25, 0.3) is 0 Å². The number of rotatable bonds is 8. The highest BCUT2D eigenvalue weighted by Crippen LogP contribution is 2.13. The van der Waals surface area contributed by atoms with Crippen molar-refractivity contribution < 1.29 is 9.47 Å². The lowest BCUT2D eigenvalue weighted by Crippen LogP contribution is -2.19. The molecular formula is C13H22N2O2. The van der Waals surface area contributed by atoms with E-state index in [2.05, 4.69) is 17.2 Å². The van der Waals surface area contributed by atoms with Crippen molar-refractivity contribution in [3.63, 3.8) is 0 Å². The van der Waals surface area contributed by atoms with Crippen molar-refractivity contribution in [2.45, 2.75) is 33.3 Å². The summed E-state index contributed by atoms with van der Waals surface area (Å²) in [6.45, 7) is 8.29. The summed E-state index contributed by atoms with van der Waals surface area (Å²) in [7, 11) is 0. The summed E-state index contributed by atoms with van der Waals surface area (Å²) in [5.74, 6) is 1.49. The molecule has 1 rings (SSSR count). The lowest BCUT2D eigenvalue weighted by atomic mass is 10.4. The molecule has 96 valence electrons. The molecule has 0 amide bonds. The van der Waals surface area contributed by atoms with E-state index in [4.69, 9.17) is 9.47 Å². The highest BCUT2D eigenvalue weighted by molar-refractivity contribution is 5.36. The van der Waals surface area contributed by atoms with Gasteiger partial charge in [0.05, 0.1) is 6.61 Å². The SMILES string of the molecule is CCCNc1cccc(OC(C)COCC)n1. The Labute approximate surface area is 103 Å². The summed E-state index contributed by atoms with van der Waals surface area (Å²) in [6, 6.07) is 5.74. The molecule has 4 heteroatoms. The Bertz CT molecular complexity index is 318. The molecule has 0 radical (unpaired) electrons. The monoisotopic (exact) mass is 238 g/mol. The number of hydrogen-bond donors (Lipinski definition) is 1. The van der Waals surface area contributed by atoms with Gasteiger partial charge in [0.1, 0.15) is 11.9 Å². The smallest absolute Gasteiger partial charge is 0.215 e. The third-order valence-corrected chi connectivity index (χ3v) is 2.16. The maximum atomic E-state index is 5.66. The minimum atomic E-state index is 0.0175. The van der Waals surface area contributed by atoms with Gasteiger partial charge in [-0.15, -0.1) is 0 Å². The topological polar surface area (TPSA) is 43.4 Å². The van der Waals surface area contributed by atoms with E-state index in [1.807, 2.05) is 32.0 Å². The summed E-state index contributed by atoms with van der Waals surface area (Å²) >= 11 is 0. The number of nitrogens with one attached hydrogen (secondary N) is 1. The average molecular weight is 238 g/mol. The summed E-state index contributed by atoms with van der Waals surface area (Å²) < 4.78 is 11.0. The van der Waals surface area contributed by atoms with Crippen LogP contribution in [-0.4, -0.2) is 30.8 Å². The predicted molar refractivity (Wildman–Crippen MR) is 69.6 cm³/mol. The van der Waals surface area contributed by atoms with Crippen LogP contribution in [0.1, 0.15) is 27.2 Å². The van der Waals surface area contributed by atoms with Crippen LogP contribution < -0.4 is 10.1 Å². The van der Waals surface area contributed by atoms with E-state index in [9.17, 15) is 0 Å². The van der Waals surface area contributed by atoms with E-state index in [1.54, 1.807) is 0 Å². The molecular weight excluding hydrogens is 216 g/mol. The maximum Gasteiger partial charge on any atom is 0.215 e. The van der Waals surface area contributed by atoms with Crippen molar-refractivity contribution in [3.8, 4) is 5.88 Å². The maximum absolute atomic E-state index is 5.66. The van der Waals surface area contributed by atoms with Crippen LogP contribution in [0.2, 0.25) is 0 Å². The van der Waals surface area contributed by atoms with Crippen molar-refractivity contribution in [2.75, 3.05) is 25.1 Å². The van der Waals surface area contributed by atoms with E-state index in [0.717, 1.165) is 18.8 Å². The molecule has 0 aliphatic heterocycles. The lowest BCUT2D eigenvalue weighted by molar-refractivity contribution is 0.0634.